The molecular formula is C22H21BrClN3O5. The van der Waals surface area contributed by atoms with E-state index in [1.165, 1.54) is 18.0 Å². The second-order valence-electron chi connectivity index (χ2n) is 7.04. The molecule has 0 atom stereocenters. The van der Waals surface area contributed by atoms with Gasteiger partial charge in [-0.1, -0.05) is 27.5 Å². The third-order valence-corrected chi connectivity index (χ3v) is 5.02. The number of hydrogen-bond acceptors (Lipinski definition) is 7. The van der Waals surface area contributed by atoms with Crippen molar-refractivity contribution >= 4 is 50.6 Å². The molecule has 0 N–H and O–H groups in total. The maximum atomic E-state index is 12.9. The van der Waals surface area contributed by atoms with Crippen molar-refractivity contribution in [2.75, 3.05) is 13.7 Å². The lowest BCUT2D eigenvalue weighted by Gasteiger charge is -2.14. The van der Waals surface area contributed by atoms with Gasteiger partial charge in [0.05, 0.1) is 35.4 Å². The monoisotopic (exact) mass is 521 g/mol. The van der Waals surface area contributed by atoms with Crippen LogP contribution in [0, 0.1) is 6.92 Å². The predicted octanol–water partition coefficient (Wildman–Crippen LogP) is 4.34. The van der Waals surface area contributed by atoms with Gasteiger partial charge in [-0.05, 0) is 56.7 Å². The molecule has 0 saturated carbocycles. The summed E-state index contributed by atoms with van der Waals surface area (Å²) in [5, 5.41) is 4.94. The van der Waals surface area contributed by atoms with Gasteiger partial charge < -0.3 is 14.2 Å². The van der Waals surface area contributed by atoms with E-state index in [1.54, 1.807) is 45.0 Å². The molecule has 0 unspecified atom stereocenters. The van der Waals surface area contributed by atoms with E-state index in [1.807, 2.05) is 6.07 Å². The van der Waals surface area contributed by atoms with E-state index in [-0.39, 0.29) is 29.0 Å². The Labute approximate surface area is 197 Å². The van der Waals surface area contributed by atoms with Crippen LogP contribution in [0.2, 0.25) is 5.02 Å². The van der Waals surface area contributed by atoms with Gasteiger partial charge in [0.1, 0.15) is 5.82 Å². The van der Waals surface area contributed by atoms with Crippen molar-refractivity contribution in [3.05, 3.63) is 61.6 Å². The fourth-order valence-corrected chi connectivity index (χ4v) is 3.54. The zero-order chi connectivity index (χ0) is 23.4. The number of aryl methyl sites for hydroxylation is 1. The summed E-state index contributed by atoms with van der Waals surface area (Å²) in [7, 11) is 1.45. The second kappa shape index (κ2) is 10.1. The van der Waals surface area contributed by atoms with Crippen molar-refractivity contribution in [2.24, 2.45) is 5.10 Å². The molecule has 10 heteroatoms. The molecule has 0 radical (unpaired) electrons. The van der Waals surface area contributed by atoms with E-state index in [2.05, 4.69) is 26.0 Å². The summed E-state index contributed by atoms with van der Waals surface area (Å²) in [5.74, 6) is 0.426. The van der Waals surface area contributed by atoms with Crippen molar-refractivity contribution in [3.8, 4) is 11.5 Å². The number of benzene rings is 2. The van der Waals surface area contributed by atoms with E-state index in [4.69, 9.17) is 25.8 Å². The molecule has 3 aromatic rings. The Hall–Kier alpha value is -2.91. The van der Waals surface area contributed by atoms with Crippen LogP contribution in [0.25, 0.3) is 10.9 Å². The lowest BCUT2D eigenvalue weighted by molar-refractivity contribution is -0.149. The average Bonchev–Trinajstić information content (AvgIpc) is 2.72. The Morgan fingerprint density at radius 2 is 2.06 bits per heavy atom. The van der Waals surface area contributed by atoms with Gasteiger partial charge in [0, 0.05) is 4.47 Å². The van der Waals surface area contributed by atoms with Gasteiger partial charge in [-0.2, -0.15) is 9.78 Å². The summed E-state index contributed by atoms with van der Waals surface area (Å²) in [6.07, 6.45) is 1.21. The van der Waals surface area contributed by atoms with Gasteiger partial charge in [-0.3, -0.25) is 4.79 Å². The van der Waals surface area contributed by atoms with Crippen molar-refractivity contribution in [2.45, 2.75) is 26.9 Å². The van der Waals surface area contributed by atoms with Crippen molar-refractivity contribution < 1.29 is 19.0 Å². The molecule has 0 spiro atoms. The topological polar surface area (TPSA) is 92.0 Å². The van der Waals surface area contributed by atoms with E-state index >= 15 is 0 Å². The SMILES string of the molecule is COc1cc(C=Nn2c(C)nc3ccc(Br)cc3c2=O)cc(Cl)c1OCC(=O)OC(C)C. The molecule has 0 amide bonds. The third kappa shape index (κ3) is 5.46. The molecule has 32 heavy (non-hydrogen) atoms. The molecule has 168 valence electrons. The van der Waals surface area contributed by atoms with Crippen LogP contribution in [0.3, 0.4) is 0 Å². The fourth-order valence-electron chi connectivity index (χ4n) is 2.90. The van der Waals surface area contributed by atoms with E-state index in [0.29, 0.717) is 28.0 Å². The number of carbonyl (C=O) groups is 1. The number of carbonyl (C=O) groups excluding carboxylic acids is 1. The van der Waals surface area contributed by atoms with Crippen LogP contribution in [0.1, 0.15) is 25.2 Å². The number of methoxy groups -OCH3 is 1. The highest BCUT2D eigenvalue weighted by molar-refractivity contribution is 9.10. The highest BCUT2D eigenvalue weighted by Crippen LogP contribution is 2.36. The first-order chi connectivity index (χ1) is 15.2. The first-order valence-corrected chi connectivity index (χ1v) is 10.8. The minimum Gasteiger partial charge on any atom is -0.493 e. The first-order valence-electron chi connectivity index (χ1n) is 9.62. The Morgan fingerprint density at radius 1 is 1.31 bits per heavy atom. The molecule has 2 aromatic carbocycles. The van der Waals surface area contributed by atoms with E-state index in [9.17, 15) is 9.59 Å². The number of esters is 1. The molecule has 1 heterocycles. The van der Waals surface area contributed by atoms with Crippen LogP contribution in [-0.2, 0) is 9.53 Å². The molecule has 0 fully saturated rings. The van der Waals surface area contributed by atoms with Crippen LogP contribution in [0.5, 0.6) is 11.5 Å². The Kier molecular flexibility index (Phi) is 7.52. The van der Waals surface area contributed by atoms with Crippen LogP contribution in [-0.4, -0.2) is 41.7 Å². The molecule has 0 saturated heterocycles. The molecule has 1 aromatic heterocycles. The Balaban J connectivity index is 1.90. The number of hydrogen-bond donors (Lipinski definition) is 0. The Bertz CT molecular complexity index is 1260. The standard InChI is InChI=1S/C22H21BrClN3O5/c1-12(2)32-20(28)11-31-21-17(24)7-14(8-19(21)30-4)10-25-27-13(3)26-18-6-5-15(23)9-16(18)22(27)29/h5-10,12H,11H2,1-4H3. The van der Waals surface area contributed by atoms with Gasteiger partial charge >= 0.3 is 5.97 Å². The summed E-state index contributed by atoms with van der Waals surface area (Å²) >= 11 is 9.70. The lowest BCUT2D eigenvalue weighted by atomic mass is 10.2. The number of rotatable bonds is 7. The van der Waals surface area contributed by atoms with Gasteiger partial charge in [-0.15, -0.1) is 0 Å². The zero-order valence-corrected chi connectivity index (χ0v) is 20.2. The van der Waals surface area contributed by atoms with Crippen LogP contribution < -0.4 is 15.0 Å². The van der Waals surface area contributed by atoms with E-state index in [0.717, 1.165) is 4.47 Å². The second-order valence-corrected chi connectivity index (χ2v) is 8.37. The predicted molar refractivity (Wildman–Crippen MR) is 126 cm³/mol. The lowest BCUT2D eigenvalue weighted by Crippen LogP contribution is -2.20. The maximum absolute atomic E-state index is 12.9. The van der Waals surface area contributed by atoms with Crippen molar-refractivity contribution in [1.82, 2.24) is 9.66 Å². The highest BCUT2D eigenvalue weighted by atomic mass is 79.9. The van der Waals surface area contributed by atoms with Gasteiger partial charge in [0.25, 0.3) is 5.56 Å². The van der Waals surface area contributed by atoms with Crippen molar-refractivity contribution in [3.63, 3.8) is 0 Å². The van der Waals surface area contributed by atoms with Crippen molar-refractivity contribution in [1.29, 1.82) is 0 Å². The Morgan fingerprint density at radius 3 is 2.75 bits per heavy atom. The van der Waals surface area contributed by atoms with Crippen LogP contribution in [0.4, 0.5) is 0 Å². The minimum absolute atomic E-state index is 0.206. The maximum Gasteiger partial charge on any atom is 0.344 e. The first kappa shape index (κ1) is 23.7. The van der Waals surface area contributed by atoms with Gasteiger partial charge in [0.2, 0.25) is 0 Å². The molecule has 0 aliphatic carbocycles. The molecule has 0 bridgehead atoms. The summed E-state index contributed by atoms with van der Waals surface area (Å²) in [6.45, 7) is 4.88. The highest BCUT2D eigenvalue weighted by Gasteiger charge is 2.15. The molecule has 8 nitrogen and oxygen atoms in total. The quantitative estimate of drug-likeness (QED) is 0.339. The van der Waals surface area contributed by atoms with Crippen LogP contribution >= 0.6 is 27.5 Å². The number of fused-ring (bicyclic) bond motifs is 1. The largest absolute Gasteiger partial charge is 0.493 e. The summed E-state index contributed by atoms with van der Waals surface area (Å²) < 4.78 is 17.9. The summed E-state index contributed by atoms with van der Waals surface area (Å²) in [4.78, 5) is 29.0. The number of aromatic nitrogens is 2. The third-order valence-electron chi connectivity index (χ3n) is 4.25. The smallest absolute Gasteiger partial charge is 0.344 e. The number of nitrogens with zero attached hydrogens (tertiary/aromatic N) is 3. The summed E-state index contributed by atoms with van der Waals surface area (Å²) in [5.41, 5.74) is 0.848. The molecule has 0 aliphatic heterocycles. The molecular weight excluding hydrogens is 502 g/mol. The zero-order valence-electron chi connectivity index (χ0n) is 17.9. The fraction of sp³-hybridized carbons (Fsp3) is 0.273. The van der Waals surface area contributed by atoms with E-state index < -0.39 is 5.97 Å². The van der Waals surface area contributed by atoms with Crippen LogP contribution in [0.15, 0.2) is 44.7 Å². The molecule has 0 aliphatic rings. The van der Waals surface area contributed by atoms with Gasteiger partial charge in [-0.25, -0.2) is 9.78 Å². The van der Waals surface area contributed by atoms with Gasteiger partial charge in [0.15, 0.2) is 18.1 Å². The number of halogens is 2. The normalized spacial score (nSPS) is 11.3. The minimum atomic E-state index is -0.519. The summed E-state index contributed by atoms with van der Waals surface area (Å²) in [6, 6.07) is 8.50. The molecule has 3 rings (SSSR count). The average molecular weight is 523 g/mol. The number of ether oxygens (including phenoxy) is 3.